The van der Waals surface area contributed by atoms with E-state index in [9.17, 15) is 19.3 Å². The quantitative estimate of drug-likeness (QED) is 0.489. The molecule has 0 atom stereocenters. The van der Waals surface area contributed by atoms with Crippen molar-refractivity contribution in [2.24, 2.45) is 0 Å². The predicted molar refractivity (Wildman–Crippen MR) is 72.5 cm³/mol. The van der Waals surface area contributed by atoms with Gasteiger partial charge in [0.2, 0.25) is 0 Å². The molecule has 0 fully saturated rings. The van der Waals surface area contributed by atoms with Gasteiger partial charge < -0.3 is 0 Å². The zero-order chi connectivity index (χ0) is 14.7. The van der Waals surface area contributed by atoms with Crippen LogP contribution in [0.15, 0.2) is 42.5 Å². The van der Waals surface area contributed by atoms with Gasteiger partial charge in [-0.05, 0) is 17.7 Å². The highest BCUT2D eigenvalue weighted by molar-refractivity contribution is 6.34. The second kappa shape index (κ2) is 5.79. The summed E-state index contributed by atoms with van der Waals surface area (Å²) in [6, 6.07) is 9.63. The summed E-state index contributed by atoms with van der Waals surface area (Å²) in [5.74, 6) is -0.996. The number of hydrogen-bond acceptors (Lipinski definition) is 3. The van der Waals surface area contributed by atoms with Gasteiger partial charge in [0.25, 0.3) is 5.69 Å². The lowest BCUT2D eigenvalue weighted by Crippen LogP contribution is -2.05. The second-order valence-electron chi connectivity index (χ2n) is 4.12. The molecule has 2 rings (SSSR count). The van der Waals surface area contributed by atoms with Crippen LogP contribution in [0.1, 0.15) is 15.9 Å². The fraction of sp³-hybridized carbons (Fsp3) is 0.0714. The fourth-order valence-corrected chi connectivity index (χ4v) is 1.97. The molecule has 0 aliphatic heterocycles. The first-order valence-electron chi connectivity index (χ1n) is 5.69. The number of Topliss-reactive ketones (excluding diaryl/α,β-unsaturated/α-hetero) is 1. The molecule has 20 heavy (non-hydrogen) atoms. The van der Waals surface area contributed by atoms with Gasteiger partial charge in [-0.1, -0.05) is 29.8 Å². The largest absolute Gasteiger partial charge is 0.294 e. The monoisotopic (exact) mass is 293 g/mol. The van der Waals surface area contributed by atoms with E-state index in [1.54, 1.807) is 0 Å². The Balaban J connectivity index is 2.19. The van der Waals surface area contributed by atoms with Gasteiger partial charge in [0.1, 0.15) is 5.82 Å². The number of carbonyl (C=O) groups is 1. The molecule has 0 aliphatic rings. The third-order valence-corrected chi connectivity index (χ3v) is 3.15. The van der Waals surface area contributed by atoms with Crippen molar-refractivity contribution in [1.82, 2.24) is 0 Å². The molecule has 2 aromatic carbocycles. The number of nitrogens with zero attached hydrogens (tertiary/aromatic N) is 1. The number of rotatable bonds is 4. The molecule has 0 saturated carbocycles. The Morgan fingerprint density at radius 3 is 2.45 bits per heavy atom. The molecule has 0 saturated heterocycles. The molecule has 0 radical (unpaired) electrons. The topological polar surface area (TPSA) is 60.2 Å². The molecule has 0 heterocycles. The van der Waals surface area contributed by atoms with E-state index in [0.29, 0.717) is 5.56 Å². The van der Waals surface area contributed by atoms with Gasteiger partial charge in [0.15, 0.2) is 5.78 Å². The summed E-state index contributed by atoms with van der Waals surface area (Å²) in [5, 5.41) is 10.3. The predicted octanol–water partition coefficient (Wildman–Crippen LogP) is 3.81. The highest BCUT2D eigenvalue weighted by Gasteiger charge is 2.14. The fourth-order valence-electron chi connectivity index (χ4n) is 1.74. The van der Waals surface area contributed by atoms with Crippen LogP contribution < -0.4 is 0 Å². The van der Waals surface area contributed by atoms with E-state index in [4.69, 9.17) is 11.6 Å². The maximum Gasteiger partial charge on any atom is 0.269 e. The van der Waals surface area contributed by atoms with Gasteiger partial charge in [0.05, 0.1) is 9.95 Å². The maximum atomic E-state index is 13.3. The van der Waals surface area contributed by atoms with Crippen molar-refractivity contribution >= 4 is 23.1 Å². The van der Waals surface area contributed by atoms with Crippen molar-refractivity contribution in [2.75, 3.05) is 0 Å². The molecule has 0 unspecified atom stereocenters. The number of nitro benzene ring substituents is 1. The zero-order valence-corrected chi connectivity index (χ0v) is 10.9. The Bertz CT molecular complexity index is 671. The summed E-state index contributed by atoms with van der Waals surface area (Å²) in [6.07, 6.45) is 0.00116. The second-order valence-corrected chi connectivity index (χ2v) is 4.50. The van der Waals surface area contributed by atoms with Crippen LogP contribution in [0.25, 0.3) is 0 Å². The summed E-state index contributed by atoms with van der Waals surface area (Å²) < 4.78 is 13.3. The zero-order valence-electron chi connectivity index (χ0n) is 10.2. The van der Waals surface area contributed by atoms with Crippen LogP contribution in [0.3, 0.4) is 0 Å². The number of hydrogen-bond donors (Lipinski definition) is 0. The number of nitro groups is 1. The SMILES string of the molecule is O=C(Cc1ccc([N+](=O)[O-])cc1)c1cccc(F)c1Cl. The van der Waals surface area contributed by atoms with Crippen LogP contribution in [0.5, 0.6) is 0 Å². The smallest absolute Gasteiger partial charge is 0.269 e. The molecular formula is C14H9ClFNO3. The minimum Gasteiger partial charge on any atom is -0.294 e. The first-order valence-corrected chi connectivity index (χ1v) is 6.07. The van der Waals surface area contributed by atoms with E-state index in [1.807, 2.05) is 0 Å². The van der Waals surface area contributed by atoms with Crippen molar-refractivity contribution in [1.29, 1.82) is 0 Å². The standard InChI is InChI=1S/C14H9ClFNO3/c15-14-11(2-1-3-12(14)16)13(18)8-9-4-6-10(7-5-9)17(19)20/h1-7H,8H2. The van der Waals surface area contributed by atoms with Crippen molar-refractivity contribution in [2.45, 2.75) is 6.42 Å². The minimum absolute atomic E-state index is 0.00116. The molecule has 0 spiro atoms. The normalized spacial score (nSPS) is 10.3. The van der Waals surface area contributed by atoms with Crippen molar-refractivity contribution in [3.05, 3.63) is 74.5 Å². The first-order chi connectivity index (χ1) is 9.49. The lowest BCUT2D eigenvalue weighted by Gasteiger charge is -2.04. The van der Waals surface area contributed by atoms with E-state index in [1.165, 1.54) is 42.5 Å². The Morgan fingerprint density at radius 2 is 1.85 bits per heavy atom. The average Bonchev–Trinajstić information content (AvgIpc) is 2.42. The van der Waals surface area contributed by atoms with Crippen LogP contribution in [0.4, 0.5) is 10.1 Å². The van der Waals surface area contributed by atoms with E-state index < -0.39 is 10.7 Å². The van der Waals surface area contributed by atoms with Gasteiger partial charge in [-0.25, -0.2) is 4.39 Å². The number of non-ortho nitro benzene ring substituents is 1. The summed E-state index contributed by atoms with van der Waals surface area (Å²) in [5.41, 5.74) is 0.649. The molecule has 0 N–H and O–H groups in total. The van der Waals surface area contributed by atoms with Crippen molar-refractivity contribution in [3.63, 3.8) is 0 Å². The number of ketones is 1. The van der Waals surface area contributed by atoms with Crippen LogP contribution in [0, 0.1) is 15.9 Å². The minimum atomic E-state index is -0.652. The summed E-state index contributed by atoms with van der Waals surface area (Å²) >= 11 is 5.74. The van der Waals surface area contributed by atoms with Gasteiger partial charge in [-0.15, -0.1) is 0 Å². The molecule has 0 bridgehead atoms. The number of carbonyl (C=O) groups excluding carboxylic acids is 1. The van der Waals surface area contributed by atoms with E-state index in [0.717, 1.165) is 0 Å². The van der Waals surface area contributed by atoms with Crippen molar-refractivity contribution < 1.29 is 14.1 Å². The van der Waals surface area contributed by atoms with Gasteiger partial charge >= 0.3 is 0 Å². The van der Waals surface area contributed by atoms with Crippen LogP contribution >= 0.6 is 11.6 Å². The first kappa shape index (κ1) is 14.1. The van der Waals surface area contributed by atoms with Crippen molar-refractivity contribution in [3.8, 4) is 0 Å². The van der Waals surface area contributed by atoms with Crippen LogP contribution in [-0.2, 0) is 6.42 Å². The van der Waals surface area contributed by atoms with Gasteiger partial charge in [-0.2, -0.15) is 0 Å². The average molecular weight is 294 g/mol. The Labute approximate surface area is 119 Å². The third kappa shape index (κ3) is 3.00. The van der Waals surface area contributed by atoms with Crippen LogP contribution in [0.2, 0.25) is 5.02 Å². The van der Waals surface area contributed by atoms with E-state index in [2.05, 4.69) is 0 Å². The molecule has 0 aliphatic carbocycles. The summed E-state index contributed by atoms with van der Waals surface area (Å²) in [4.78, 5) is 22.0. The van der Waals surface area contributed by atoms with E-state index >= 15 is 0 Å². The highest BCUT2D eigenvalue weighted by atomic mass is 35.5. The van der Waals surface area contributed by atoms with Gasteiger partial charge in [-0.3, -0.25) is 14.9 Å². The molecule has 2 aromatic rings. The molecule has 6 heteroatoms. The van der Waals surface area contributed by atoms with E-state index in [-0.39, 0.29) is 28.5 Å². The highest BCUT2D eigenvalue weighted by Crippen LogP contribution is 2.22. The van der Waals surface area contributed by atoms with Crippen LogP contribution in [-0.4, -0.2) is 10.7 Å². The lowest BCUT2D eigenvalue weighted by molar-refractivity contribution is -0.384. The summed E-state index contributed by atoms with van der Waals surface area (Å²) in [6.45, 7) is 0. The molecule has 0 amide bonds. The maximum absolute atomic E-state index is 13.3. The van der Waals surface area contributed by atoms with Gasteiger partial charge in [0, 0.05) is 24.1 Å². The third-order valence-electron chi connectivity index (χ3n) is 2.76. The molecule has 102 valence electrons. The Morgan fingerprint density at radius 1 is 1.20 bits per heavy atom. The molecule has 0 aromatic heterocycles. The summed E-state index contributed by atoms with van der Waals surface area (Å²) in [7, 11) is 0. The number of halogens is 2. The molecule has 4 nitrogen and oxygen atoms in total. The Hall–Kier alpha value is -2.27. The lowest BCUT2D eigenvalue weighted by atomic mass is 10.0. The molecular weight excluding hydrogens is 285 g/mol. The Kier molecular flexibility index (Phi) is 4.10. The number of benzene rings is 2.